The molecule has 0 aliphatic carbocycles. The molecule has 8 heteroatoms. The molecule has 0 aliphatic heterocycles. The molecule has 3 rings (SSSR count). The lowest BCUT2D eigenvalue weighted by molar-refractivity contribution is -0.136. The zero-order valence-corrected chi connectivity index (χ0v) is 16.0. The summed E-state index contributed by atoms with van der Waals surface area (Å²) in [5.74, 6) is -2.51. The predicted octanol–water partition coefficient (Wildman–Crippen LogP) is 4.55. The highest BCUT2D eigenvalue weighted by Gasteiger charge is 2.15. The number of rotatable bonds is 6. The summed E-state index contributed by atoms with van der Waals surface area (Å²) in [5, 5.41) is 4.50. The summed E-state index contributed by atoms with van der Waals surface area (Å²) in [5.41, 5.74) is 1.40. The van der Waals surface area contributed by atoms with Gasteiger partial charge in [0.05, 0.1) is 16.9 Å². The topological polar surface area (TPSA) is 61.2 Å². The molecule has 3 aromatic rings. The Hall–Kier alpha value is -3.32. The van der Waals surface area contributed by atoms with Crippen LogP contribution in [0.25, 0.3) is 11.8 Å². The minimum Gasteiger partial charge on any atom is -0.454 e. The lowest BCUT2D eigenvalue weighted by Gasteiger charge is -2.03. The second-order valence-corrected chi connectivity index (χ2v) is 6.38. The Morgan fingerprint density at radius 3 is 2.52 bits per heavy atom. The van der Waals surface area contributed by atoms with Crippen molar-refractivity contribution in [2.24, 2.45) is 0 Å². The number of carbonyl (C=O) groups is 2. The maximum Gasteiger partial charge on any atom is 0.331 e. The minimum absolute atomic E-state index is 0.149. The Balaban J connectivity index is 1.68. The number of hydrogen-bond acceptors (Lipinski definition) is 4. The molecule has 1 aromatic heterocycles. The van der Waals surface area contributed by atoms with E-state index in [0.29, 0.717) is 16.9 Å². The van der Waals surface area contributed by atoms with Crippen LogP contribution in [0.3, 0.4) is 0 Å². The minimum atomic E-state index is -0.792. The van der Waals surface area contributed by atoms with Gasteiger partial charge in [-0.1, -0.05) is 23.7 Å². The number of ketones is 1. The zero-order valence-electron chi connectivity index (χ0n) is 15.2. The lowest BCUT2D eigenvalue weighted by Crippen LogP contribution is -2.13. The molecular formula is C21H15ClF2N2O3. The number of aryl methyl sites for hydroxylation is 1. The van der Waals surface area contributed by atoms with Gasteiger partial charge >= 0.3 is 5.97 Å². The Labute approximate surface area is 170 Å². The van der Waals surface area contributed by atoms with Crippen LogP contribution in [-0.2, 0) is 9.53 Å². The molecule has 0 spiro atoms. The lowest BCUT2D eigenvalue weighted by atomic mass is 10.1. The second kappa shape index (κ2) is 8.79. The van der Waals surface area contributed by atoms with Crippen LogP contribution in [-0.4, -0.2) is 28.1 Å². The molecule has 0 saturated heterocycles. The normalized spacial score (nSPS) is 11.0. The molecule has 0 unspecified atom stereocenters. The Kier molecular flexibility index (Phi) is 6.19. The highest BCUT2D eigenvalue weighted by molar-refractivity contribution is 6.31. The highest BCUT2D eigenvalue weighted by Crippen LogP contribution is 2.25. The number of benzene rings is 2. The van der Waals surface area contributed by atoms with Crippen LogP contribution in [0.1, 0.15) is 21.6 Å². The SMILES string of the molecule is Cc1nn(-c2ccc(F)cc2)c(Cl)c1/C=C/C(=O)OCC(=O)c1ccccc1F. The van der Waals surface area contributed by atoms with Crippen molar-refractivity contribution in [3.63, 3.8) is 0 Å². The van der Waals surface area contributed by atoms with Crippen molar-refractivity contribution in [3.8, 4) is 5.69 Å². The van der Waals surface area contributed by atoms with Gasteiger partial charge in [-0.25, -0.2) is 18.3 Å². The number of esters is 1. The molecule has 148 valence electrons. The smallest absolute Gasteiger partial charge is 0.331 e. The van der Waals surface area contributed by atoms with Crippen LogP contribution in [0.5, 0.6) is 0 Å². The number of hydrogen-bond donors (Lipinski definition) is 0. The van der Waals surface area contributed by atoms with Gasteiger partial charge in [0, 0.05) is 11.6 Å². The largest absolute Gasteiger partial charge is 0.454 e. The quantitative estimate of drug-likeness (QED) is 0.336. The van der Waals surface area contributed by atoms with E-state index in [1.54, 1.807) is 6.92 Å². The third kappa shape index (κ3) is 4.75. The molecule has 0 saturated carbocycles. The number of ether oxygens (including phenoxy) is 1. The average Bonchev–Trinajstić information content (AvgIpc) is 2.99. The van der Waals surface area contributed by atoms with Gasteiger partial charge in [0.15, 0.2) is 6.61 Å². The van der Waals surface area contributed by atoms with Crippen molar-refractivity contribution in [1.82, 2.24) is 9.78 Å². The first kappa shape index (κ1) is 20.4. The number of Topliss-reactive ketones (excluding diaryl/α,β-unsaturated/α-hetero) is 1. The van der Waals surface area contributed by atoms with E-state index >= 15 is 0 Å². The van der Waals surface area contributed by atoms with Crippen LogP contribution in [0, 0.1) is 18.6 Å². The predicted molar refractivity (Wildman–Crippen MR) is 104 cm³/mol. The average molecular weight is 417 g/mol. The number of aromatic nitrogens is 2. The van der Waals surface area contributed by atoms with Gasteiger partial charge in [0.25, 0.3) is 0 Å². The molecule has 5 nitrogen and oxygen atoms in total. The summed E-state index contributed by atoms with van der Waals surface area (Å²) < 4.78 is 32.9. The van der Waals surface area contributed by atoms with Crippen molar-refractivity contribution in [2.45, 2.75) is 6.92 Å². The molecule has 1 heterocycles. The van der Waals surface area contributed by atoms with Crippen molar-refractivity contribution in [1.29, 1.82) is 0 Å². The maximum atomic E-state index is 13.6. The Morgan fingerprint density at radius 2 is 1.83 bits per heavy atom. The molecule has 0 atom stereocenters. The van der Waals surface area contributed by atoms with Gasteiger partial charge in [-0.05, 0) is 49.4 Å². The van der Waals surface area contributed by atoms with Gasteiger partial charge in [-0.15, -0.1) is 0 Å². The number of halogens is 3. The third-order valence-corrected chi connectivity index (χ3v) is 4.39. The Bertz CT molecular complexity index is 1090. The molecule has 0 radical (unpaired) electrons. The fourth-order valence-electron chi connectivity index (χ4n) is 2.56. The first-order valence-corrected chi connectivity index (χ1v) is 8.88. The zero-order chi connectivity index (χ0) is 21.0. The van der Waals surface area contributed by atoms with E-state index < -0.39 is 24.2 Å². The van der Waals surface area contributed by atoms with Gasteiger partial charge in [0.2, 0.25) is 5.78 Å². The van der Waals surface area contributed by atoms with Crippen molar-refractivity contribution in [3.05, 3.63) is 88.2 Å². The molecule has 2 aromatic carbocycles. The molecule has 0 amide bonds. The number of carbonyl (C=O) groups excluding carboxylic acids is 2. The summed E-state index contributed by atoms with van der Waals surface area (Å²) in [6, 6.07) is 11.0. The van der Waals surface area contributed by atoms with Crippen molar-refractivity contribution in [2.75, 3.05) is 6.61 Å². The molecular weight excluding hydrogens is 402 g/mol. The summed E-state index contributed by atoms with van der Waals surface area (Å²) in [6.07, 6.45) is 2.50. The third-order valence-electron chi connectivity index (χ3n) is 4.03. The van der Waals surface area contributed by atoms with E-state index in [1.807, 2.05) is 0 Å². The van der Waals surface area contributed by atoms with E-state index in [-0.39, 0.29) is 16.5 Å². The van der Waals surface area contributed by atoms with E-state index in [0.717, 1.165) is 12.1 Å². The number of nitrogens with zero attached hydrogens (tertiary/aromatic N) is 2. The van der Waals surface area contributed by atoms with Gasteiger partial charge < -0.3 is 4.74 Å². The molecule has 0 bridgehead atoms. The summed E-state index contributed by atoms with van der Waals surface area (Å²) >= 11 is 6.32. The van der Waals surface area contributed by atoms with E-state index in [1.165, 1.54) is 53.2 Å². The first-order valence-electron chi connectivity index (χ1n) is 8.50. The molecule has 0 N–H and O–H groups in total. The highest BCUT2D eigenvalue weighted by atomic mass is 35.5. The summed E-state index contributed by atoms with van der Waals surface area (Å²) in [4.78, 5) is 23.8. The van der Waals surface area contributed by atoms with Crippen molar-refractivity contribution >= 4 is 29.4 Å². The molecule has 0 fully saturated rings. The van der Waals surface area contributed by atoms with Gasteiger partial charge in [-0.3, -0.25) is 4.79 Å². The summed E-state index contributed by atoms with van der Waals surface area (Å²) in [7, 11) is 0. The second-order valence-electron chi connectivity index (χ2n) is 6.02. The van der Waals surface area contributed by atoms with E-state index in [9.17, 15) is 18.4 Å². The monoisotopic (exact) mass is 416 g/mol. The van der Waals surface area contributed by atoms with Crippen molar-refractivity contribution < 1.29 is 23.1 Å². The van der Waals surface area contributed by atoms with Crippen LogP contribution in [0.2, 0.25) is 5.15 Å². The van der Waals surface area contributed by atoms with Crippen LogP contribution in [0.15, 0.2) is 54.6 Å². The molecule has 29 heavy (non-hydrogen) atoms. The van der Waals surface area contributed by atoms with Crippen LogP contribution < -0.4 is 0 Å². The Morgan fingerprint density at radius 1 is 1.14 bits per heavy atom. The molecule has 0 aliphatic rings. The fraction of sp³-hybridized carbons (Fsp3) is 0.0952. The van der Waals surface area contributed by atoms with E-state index in [2.05, 4.69) is 5.10 Å². The van der Waals surface area contributed by atoms with Gasteiger partial charge in [-0.2, -0.15) is 5.10 Å². The standard InChI is InChI=1S/C21H15ClF2N2O3/c1-13-16(21(22)26(25-13)15-8-6-14(23)7-9-15)10-11-20(28)29-12-19(27)17-4-2-3-5-18(17)24/h2-11H,12H2,1H3/b11-10+. The first-order chi connectivity index (χ1) is 13.9. The summed E-state index contributed by atoms with van der Waals surface area (Å²) in [6.45, 7) is 1.10. The van der Waals surface area contributed by atoms with E-state index in [4.69, 9.17) is 16.3 Å². The maximum absolute atomic E-state index is 13.6. The van der Waals surface area contributed by atoms with Gasteiger partial charge in [0.1, 0.15) is 16.8 Å². The van der Waals surface area contributed by atoms with Crippen LogP contribution in [0.4, 0.5) is 8.78 Å². The van der Waals surface area contributed by atoms with Crippen LogP contribution >= 0.6 is 11.6 Å². The fourth-order valence-corrected chi connectivity index (χ4v) is 2.89.